The third-order valence-electron chi connectivity index (χ3n) is 8.09. The number of halogens is 1. The minimum atomic E-state index is -4.33. The molecule has 2 aromatic carbocycles. The Morgan fingerprint density at radius 3 is 2.36 bits per heavy atom. The van der Waals surface area contributed by atoms with E-state index >= 15 is 0 Å². The molecule has 234 valence electrons. The van der Waals surface area contributed by atoms with E-state index in [1.807, 2.05) is 25.2 Å². The molecule has 3 amide bonds. The highest BCUT2D eigenvalue weighted by atomic mass is 35.5. The number of likely N-dealkylation sites (N-methyl/N-ethyl adjacent to an activating group) is 1. The van der Waals surface area contributed by atoms with Crippen LogP contribution < -0.4 is 10.2 Å². The maximum atomic E-state index is 14.7. The van der Waals surface area contributed by atoms with Crippen molar-refractivity contribution in [3.63, 3.8) is 0 Å². The number of nitrogens with zero attached hydrogens (tertiary/aromatic N) is 4. The molecule has 0 unspecified atom stereocenters. The van der Waals surface area contributed by atoms with Gasteiger partial charge < -0.3 is 20.0 Å². The first kappa shape index (κ1) is 32.1. The Morgan fingerprint density at radius 2 is 1.73 bits per heavy atom. The van der Waals surface area contributed by atoms with E-state index in [0.29, 0.717) is 71.6 Å². The van der Waals surface area contributed by atoms with Crippen LogP contribution in [0.5, 0.6) is 0 Å². The number of carbonyl (C=O) groups is 3. The first-order valence-electron chi connectivity index (χ1n) is 14.5. The van der Waals surface area contributed by atoms with Crippen LogP contribution in [0.1, 0.15) is 33.6 Å². The molecule has 0 bridgehead atoms. The Balaban J connectivity index is 1.56. The van der Waals surface area contributed by atoms with Crippen molar-refractivity contribution < 1.29 is 22.8 Å². The van der Waals surface area contributed by atoms with E-state index in [1.54, 1.807) is 53.1 Å². The molecular formula is C31H36ClN5O5S2. The van der Waals surface area contributed by atoms with Gasteiger partial charge in [-0.25, -0.2) is 8.42 Å². The molecule has 1 N–H and O–H groups in total. The summed E-state index contributed by atoms with van der Waals surface area (Å²) in [7, 11) is -2.36. The lowest BCUT2D eigenvalue weighted by Crippen LogP contribution is -2.58. The molecule has 1 aromatic heterocycles. The number of anilines is 1. The molecule has 2 aliphatic heterocycles. The summed E-state index contributed by atoms with van der Waals surface area (Å²) in [6.07, 6.45) is 1.11. The maximum absolute atomic E-state index is 14.7. The quantitative estimate of drug-likeness (QED) is 0.357. The van der Waals surface area contributed by atoms with Crippen molar-refractivity contribution in [3.05, 3.63) is 81.0 Å². The molecule has 5 rings (SSSR count). The van der Waals surface area contributed by atoms with Gasteiger partial charge in [0.2, 0.25) is 21.8 Å². The predicted molar refractivity (Wildman–Crippen MR) is 171 cm³/mol. The zero-order chi connectivity index (χ0) is 31.4. The predicted octanol–water partition coefficient (Wildman–Crippen LogP) is 3.60. The van der Waals surface area contributed by atoms with Gasteiger partial charge in [-0.05, 0) is 55.8 Å². The minimum Gasteiger partial charge on any atom is -0.349 e. The molecule has 0 saturated carbocycles. The summed E-state index contributed by atoms with van der Waals surface area (Å²) < 4.78 is 31.1. The average Bonchev–Trinajstić information content (AvgIpc) is 3.65. The summed E-state index contributed by atoms with van der Waals surface area (Å²) in [5, 5.41) is 2.80. The zero-order valence-corrected chi connectivity index (χ0v) is 27.1. The number of hydrogen-bond donors (Lipinski definition) is 1. The molecule has 44 heavy (non-hydrogen) atoms. The topological polar surface area (TPSA) is 110 Å². The number of benzene rings is 2. The molecule has 10 nitrogen and oxygen atoms in total. The van der Waals surface area contributed by atoms with E-state index in [0.717, 1.165) is 11.3 Å². The third kappa shape index (κ3) is 7.00. The summed E-state index contributed by atoms with van der Waals surface area (Å²) in [5.41, 5.74) is 1.66. The van der Waals surface area contributed by atoms with Crippen molar-refractivity contribution in [2.75, 3.05) is 51.2 Å². The average molecular weight is 658 g/mol. The van der Waals surface area contributed by atoms with Crippen LogP contribution in [0.25, 0.3) is 0 Å². The van der Waals surface area contributed by atoms with Crippen LogP contribution in [0.4, 0.5) is 5.69 Å². The van der Waals surface area contributed by atoms with Gasteiger partial charge >= 0.3 is 0 Å². The summed E-state index contributed by atoms with van der Waals surface area (Å²) >= 11 is 7.15. The summed E-state index contributed by atoms with van der Waals surface area (Å²) in [4.78, 5) is 45.7. The molecule has 0 radical (unpaired) electrons. The van der Waals surface area contributed by atoms with E-state index < -0.39 is 22.0 Å². The monoisotopic (exact) mass is 657 g/mol. The SMILES string of the molecule is Cc1c(N2CCCC2=O)cccc1S(=O)(=O)N(Cc1ccccc1)[C@@H](CNC(=O)c1ccc(Cl)s1)C(=O)N1CCN(C)CC1. The fraction of sp³-hybridized carbons (Fsp3) is 0.387. The molecule has 2 aliphatic rings. The number of hydrogen-bond acceptors (Lipinski definition) is 7. The van der Waals surface area contributed by atoms with E-state index in [-0.39, 0.29) is 29.8 Å². The molecule has 1 atom stereocenters. The van der Waals surface area contributed by atoms with Crippen LogP contribution in [0.15, 0.2) is 65.6 Å². The largest absolute Gasteiger partial charge is 0.349 e. The van der Waals surface area contributed by atoms with Crippen LogP contribution in [0.3, 0.4) is 0 Å². The van der Waals surface area contributed by atoms with Crippen molar-refractivity contribution in [1.82, 2.24) is 19.4 Å². The molecule has 0 spiro atoms. The highest BCUT2D eigenvalue weighted by Crippen LogP contribution is 2.33. The van der Waals surface area contributed by atoms with Gasteiger partial charge in [0.15, 0.2) is 0 Å². The van der Waals surface area contributed by atoms with Crippen LogP contribution in [-0.4, -0.2) is 92.6 Å². The second kappa shape index (κ2) is 13.8. The minimum absolute atomic E-state index is 0.0122. The molecule has 3 heterocycles. The summed E-state index contributed by atoms with van der Waals surface area (Å²) in [6, 6.07) is 15.9. The number of sulfonamides is 1. The van der Waals surface area contributed by atoms with Crippen LogP contribution in [0.2, 0.25) is 4.34 Å². The highest BCUT2D eigenvalue weighted by molar-refractivity contribution is 7.89. The van der Waals surface area contributed by atoms with Gasteiger partial charge in [0, 0.05) is 57.9 Å². The fourth-order valence-electron chi connectivity index (χ4n) is 5.59. The van der Waals surface area contributed by atoms with E-state index in [2.05, 4.69) is 10.2 Å². The van der Waals surface area contributed by atoms with Gasteiger partial charge in [-0.15, -0.1) is 11.3 Å². The lowest BCUT2D eigenvalue weighted by molar-refractivity contribution is -0.136. The molecule has 2 fully saturated rings. The van der Waals surface area contributed by atoms with Crippen molar-refractivity contribution in [2.24, 2.45) is 0 Å². The first-order valence-corrected chi connectivity index (χ1v) is 17.2. The molecule has 0 aliphatic carbocycles. The van der Waals surface area contributed by atoms with Gasteiger partial charge in [0.05, 0.1) is 14.1 Å². The maximum Gasteiger partial charge on any atom is 0.261 e. The van der Waals surface area contributed by atoms with Crippen LogP contribution in [-0.2, 0) is 26.2 Å². The fourth-order valence-corrected chi connectivity index (χ4v) is 8.37. The van der Waals surface area contributed by atoms with Crippen LogP contribution in [0, 0.1) is 6.92 Å². The van der Waals surface area contributed by atoms with Gasteiger partial charge in [-0.1, -0.05) is 48.0 Å². The molecule has 3 aromatic rings. The number of nitrogens with one attached hydrogen (secondary N) is 1. The van der Waals surface area contributed by atoms with Crippen molar-refractivity contribution in [2.45, 2.75) is 37.2 Å². The van der Waals surface area contributed by atoms with Gasteiger partial charge in [0.25, 0.3) is 5.91 Å². The number of piperazine rings is 1. The van der Waals surface area contributed by atoms with Gasteiger partial charge in [-0.2, -0.15) is 4.31 Å². The number of amides is 3. The highest BCUT2D eigenvalue weighted by Gasteiger charge is 2.40. The zero-order valence-electron chi connectivity index (χ0n) is 24.7. The van der Waals surface area contributed by atoms with E-state index in [4.69, 9.17) is 11.6 Å². The summed E-state index contributed by atoms with van der Waals surface area (Å²) in [5.74, 6) is -0.880. The van der Waals surface area contributed by atoms with Gasteiger partial charge in [0.1, 0.15) is 6.04 Å². The summed E-state index contributed by atoms with van der Waals surface area (Å²) in [6.45, 7) is 4.03. The van der Waals surface area contributed by atoms with Crippen molar-refractivity contribution in [1.29, 1.82) is 0 Å². The normalized spacial score (nSPS) is 16.9. The lowest BCUT2D eigenvalue weighted by Gasteiger charge is -2.38. The second-order valence-corrected chi connectivity index (χ2v) is 14.6. The Hall–Kier alpha value is -3.29. The Labute approximate surface area is 267 Å². The van der Waals surface area contributed by atoms with Gasteiger partial charge in [-0.3, -0.25) is 14.4 Å². The number of carbonyl (C=O) groups excluding carboxylic acids is 3. The van der Waals surface area contributed by atoms with Crippen molar-refractivity contribution >= 4 is 56.4 Å². The molecular weight excluding hydrogens is 622 g/mol. The van der Waals surface area contributed by atoms with E-state index in [9.17, 15) is 22.8 Å². The van der Waals surface area contributed by atoms with E-state index in [1.165, 1.54) is 10.4 Å². The third-order valence-corrected chi connectivity index (χ3v) is 11.3. The Kier molecular flexibility index (Phi) is 10.1. The number of rotatable bonds is 10. The first-order chi connectivity index (χ1) is 21.1. The van der Waals surface area contributed by atoms with Crippen LogP contribution >= 0.6 is 22.9 Å². The Bertz CT molecular complexity index is 1620. The lowest BCUT2D eigenvalue weighted by atomic mass is 10.1. The second-order valence-electron chi connectivity index (χ2n) is 11.0. The smallest absolute Gasteiger partial charge is 0.261 e. The Morgan fingerprint density at radius 1 is 1.00 bits per heavy atom. The van der Waals surface area contributed by atoms with Crippen molar-refractivity contribution in [3.8, 4) is 0 Å². The number of thiophene rings is 1. The standard InChI is InChI=1S/C31H36ClN5O5S2/c1-22-24(36-15-7-12-29(36)38)10-6-11-27(22)44(41,42)37(21-23-8-4-3-5-9-23)25(31(40)35-18-16-34(2)17-19-35)20-33-30(39)26-13-14-28(32)43-26/h3-6,8-11,13-14,25H,7,12,15-21H2,1-2H3,(H,33,39)/t25-/m0/s1. The molecule has 2 saturated heterocycles. The molecule has 13 heteroatoms.